The van der Waals surface area contributed by atoms with Crippen molar-refractivity contribution in [2.45, 2.75) is 19.0 Å². The third kappa shape index (κ3) is 5.93. The van der Waals surface area contributed by atoms with Gasteiger partial charge >= 0.3 is 0 Å². The van der Waals surface area contributed by atoms with Gasteiger partial charge < -0.3 is 19.9 Å². The van der Waals surface area contributed by atoms with Gasteiger partial charge in [-0.05, 0) is 46.2 Å². The van der Waals surface area contributed by atoms with Gasteiger partial charge in [-0.1, -0.05) is 72.8 Å². The third-order valence-corrected chi connectivity index (χ3v) is 7.16. The molecule has 5 rings (SSSR count). The van der Waals surface area contributed by atoms with E-state index in [-0.39, 0.29) is 37.2 Å². The van der Waals surface area contributed by atoms with E-state index >= 15 is 0 Å². The lowest BCUT2D eigenvalue weighted by Crippen LogP contribution is -2.61. The first-order chi connectivity index (χ1) is 19.0. The lowest BCUT2D eigenvalue weighted by Gasteiger charge is -2.40. The molecule has 0 bridgehead atoms. The second-order valence-corrected chi connectivity index (χ2v) is 9.60. The zero-order valence-corrected chi connectivity index (χ0v) is 21.9. The van der Waals surface area contributed by atoms with Crippen LogP contribution in [0.5, 0.6) is 5.75 Å². The van der Waals surface area contributed by atoms with E-state index in [0.717, 1.165) is 27.6 Å². The molecule has 198 valence electrons. The first-order valence-corrected chi connectivity index (χ1v) is 13.0. The van der Waals surface area contributed by atoms with Crippen molar-refractivity contribution in [3.8, 4) is 5.75 Å². The number of amides is 3. The van der Waals surface area contributed by atoms with Gasteiger partial charge in [0.05, 0.1) is 20.1 Å². The first kappa shape index (κ1) is 26.0. The molecule has 39 heavy (non-hydrogen) atoms. The molecule has 1 heterocycles. The molecule has 7 heteroatoms. The van der Waals surface area contributed by atoms with Crippen molar-refractivity contribution in [3.05, 3.63) is 114 Å². The Balaban J connectivity index is 1.33. The molecule has 4 aromatic carbocycles. The van der Waals surface area contributed by atoms with Gasteiger partial charge in [-0.2, -0.15) is 0 Å². The van der Waals surface area contributed by atoms with Crippen LogP contribution in [0.4, 0.5) is 0 Å². The summed E-state index contributed by atoms with van der Waals surface area (Å²) in [4.78, 5) is 43.5. The molecule has 1 aliphatic rings. The van der Waals surface area contributed by atoms with E-state index in [0.29, 0.717) is 18.7 Å². The smallest absolute Gasteiger partial charge is 0.254 e. The maximum absolute atomic E-state index is 13.6. The second kappa shape index (κ2) is 11.8. The van der Waals surface area contributed by atoms with E-state index in [1.54, 1.807) is 41.2 Å². The van der Waals surface area contributed by atoms with Crippen molar-refractivity contribution in [1.82, 2.24) is 15.1 Å². The molecule has 0 aromatic heterocycles. The zero-order valence-electron chi connectivity index (χ0n) is 21.9. The average molecular weight is 522 g/mol. The minimum atomic E-state index is -0.804. The van der Waals surface area contributed by atoms with Crippen LogP contribution in [0.1, 0.15) is 21.5 Å². The lowest BCUT2D eigenvalue weighted by atomic mass is 10.0. The molecule has 7 nitrogen and oxygen atoms in total. The Kier molecular flexibility index (Phi) is 7.87. The molecule has 0 spiro atoms. The van der Waals surface area contributed by atoms with Crippen molar-refractivity contribution in [3.63, 3.8) is 0 Å². The lowest BCUT2D eigenvalue weighted by molar-refractivity contribution is -0.136. The Labute approximate surface area is 228 Å². The molecule has 4 aromatic rings. The monoisotopic (exact) mass is 521 g/mol. The highest BCUT2D eigenvalue weighted by molar-refractivity contribution is 5.98. The van der Waals surface area contributed by atoms with Gasteiger partial charge in [0.15, 0.2) is 0 Å². The van der Waals surface area contributed by atoms with Crippen LogP contribution in [0, 0.1) is 0 Å². The van der Waals surface area contributed by atoms with Crippen molar-refractivity contribution in [1.29, 1.82) is 0 Å². The van der Waals surface area contributed by atoms with E-state index in [4.69, 9.17) is 4.74 Å². The Morgan fingerprint density at radius 2 is 1.56 bits per heavy atom. The van der Waals surface area contributed by atoms with E-state index in [9.17, 15) is 14.4 Å². The highest BCUT2D eigenvalue weighted by Crippen LogP contribution is 2.20. The predicted molar refractivity (Wildman–Crippen MR) is 150 cm³/mol. The highest BCUT2D eigenvalue weighted by atomic mass is 16.5. The third-order valence-electron chi connectivity index (χ3n) is 7.16. The Bertz CT molecular complexity index is 1460. The molecule has 3 amide bonds. The fourth-order valence-corrected chi connectivity index (χ4v) is 5.00. The van der Waals surface area contributed by atoms with E-state index in [1.165, 1.54) is 0 Å². The normalized spacial score (nSPS) is 15.2. The minimum absolute atomic E-state index is 0.0844. The standard InChI is InChI=1S/C32H31N3O4/c1-39-27-16-14-23(15-17-27)20-30(36)34-18-19-35(32(38)25-9-3-2-4-10-25)29(22-34)31(37)33-21-26-12-7-11-24-8-5-6-13-28(24)26/h2-17,29H,18-22H2,1H3,(H,33,37). The van der Waals surface area contributed by atoms with Crippen molar-refractivity contribution in [2.24, 2.45) is 0 Å². The summed E-state index contributed by atoms with van der Waals surface area (Å²) in [5.41, 5.74) is 2.37. The van der Waals surface area contributed by atoms with Crippen LogP contribution in [0.3, 0.4) is 0 Å². The number of ether oxygens (including phenoxy) is 1. The largest absolute Gasteiger partial charge is 0.497 e. The topological polar surface area (TPSA) is 79.0 Å². The Morgan fingerprint density at radius 3 is 2.33 bits per heavy atom. The number of hydrogen-bond donors (Lipinski definition) is 1. The number of fused-ring (bicyclic) bond motifs is 1. The van der Waals surface area contributed by atoms with Crippen molar-refractivity contribution >= 4 is 28.5 Å². The second-order valence-electron chi connectivity index (χ2n) is 9.60. The summed E-state index contributed by atoms with van der Waals surface area (Å²) in [5.74, 6) is 0.137. The Hall–Kier alpha value is -4.65. The van der Waals surface area contributed by atoms with Crippen LogP contribution < -0.4 is 10.1 Å². The van der Waals surface area contributed by atoms with Gasteiger partial charge in [-0.3, -0.25) is 14.4 Å². The number of methoxy groups -OCH3 is 1. The summed E-state index contributed by atoms with van der Waals surface area (Å²) >= 11 is 0. The summed E-state index contributed by atoms with van der Waals surface area (Å²) < 4.78 is 5.20. The number of rotatable bonds is 7. The maximum atomic E-state index is 13.6. The molecule has 0 saturated carbocycles. The van der Waals surface area contributed by atoms with Crippen LogP contribution in [-0.2, 0) is 22.6 Å². The summed E-state index contributed by atoms with van der Waals surface area (Å²) in [6, 6.07) is 29.5. The molecule has 1 atom stereocenters. The van der Waals surface area contributed by atoms with E-state index in [1.807, 2.05) is 72.8 Å². The molecule has 0 radical (unpaired) electrons. The van der Waals surface area contributed by atoms with Gasteiger partial charge in [0, 0.05) is 25.2 Å². The van der Waals surface area contributed by atoms with Gasteiger partial charge in [0.2, 0.25) is 11.8 Å². The molecular weight excluding hydrogens is 490 g/mol. The Morgan fingerprint density at radius 1 is 0.846 bits per heavy atom. The number of benzene rings is 4. The molecular formula is C32H31N3O4. The number of hydrogen-bond acceptors (Lipinski definition) is 4. The van der Waals surface area contributed by atoms with Crippen LogP contribution in [0.2, 0.25) is 0 Å². The minimum Gasteiger partial charge on any atom is -0.497 e. The average Bonchev–Trinajstić information content (AvgIpc) is 3.00. The van der Waals surface area contributed by atoms with Crippen LogP contribution in [0.25, 0.3) is 10.8 Å². The van der Waals surface area contributed by atoms with E-state index in [2.05, 4.69) is 5.32 Å². The fraction of sp³-hybridized carbons (Fsp3) is 0.219. The molecule has 1 fully saturated rings. The molecule has 0 aliphatic carbocycles. The summed E-state index contributed by atoms with van der Waals surface area (Å²) in [6.07, 6.45) is 0.209. The number of carbonyl (C=O) groups excluding carboxylic acids is 3. The number of carbonyl (C=O) groups is 3. The molecule has 1 aliphatic heterocycles. The van der Waals surface area contributed by atoms with Crippen molar-refractivity contribution < 1.29 is 19.1 Å². The summed E-state index contributed by atoms with van der Waals surface area (Å²) in [5, 5.41) is 5.20. The highest BCUT2D eigenvalue weighted by Gasteiger charge is 2.37. The SMILES string of the molecule is COc1ccc(CC(=O)N2CCN(C(=O)c3ccccc3)C(C(=O)NCc3cccc4ccccc34)C2)cc1. The summed E-state index contributed by atoms with van der Waals surface area (Å²) in [6.45, 7) is 1.09. The van der Waals surface area contributed by atoms with Crippen LogP contribution in [0.15, 0.2) is 97.1 Å². The maximum Gasteiger partial charge on any atom is 0.254 e. The first-order valence-electron chi connectivity index (χ1n) is 13.0. The van der Waals surface area contributed by atoms with Gasteiger partial charge in [0.25, 0.3) is 5.91 Å². The fourth-order valence-electron chi connectivity index (χ4n) is 5.00. The quantitative estimate of drug-likeness (QED) is 0.398. The van der Waals surface area contributed by atoms with Crippen molar-refractivity contribution in [2.75, 3.05) is 26.7 Å². The predicted octanol–water partition coefficient (Wildman–Crippen LogP) is 4.06. The number of piperazine rings is 1. The van der Waals surface area contributed by atoms with Gasteiger partial charge in [-0.15, -0.1) is 0 Å². The summed E-state index contributed by atoms with van der Waals surface area (Å²) in [7, 11) is 1.60. The van der Waals surface area contributed by atoms with Crippen LogP contribution >= 0.6 is 0 Å². The number of nitrogens with zero attached hydrogens (tertiary/aromatic N) is 2. The molecule has 1 unspecified atom stereocenters. The molecule has 1 saturated heterocycles. The van der Waals surface area contributed by atoms with Crippen LogP contribution in [-0.4, -0.2) is 60.3 Å². The van der Waals surface area contributed by atoms with Gasteiger partial charge in [-0.25, -0.2) is 0 Å². The van der Waals surface area contributed by atoms with E-state index < -0.39 is 6.04 Å². The zero-order chi connectivity index (χ0) is 27.2. The molecule has 1 N–H and O–H groups in total. The van der Waals surface area contributed by atoms with Gasteiger partial charge in [0.1, 0.15) is 11.8 Å². The number of nitrogens with one attached hydrogen (secondary N) is 1.